The molecule has 0 saturated carbocycles. The van der Waals surface area contributed by atoms with Gasteiger partial charge in [-0.1, -0.05) is 0 Å². The van der Waals surface area contributed by atoms with Gasteiger partial charge in [-0.3, -0.25) is 4.74 Å². The number of hydrogen-bond acceptors (Lipinski definition) is 6. The molecule has 6 nitrogen and oxygen atoms in total. The fourth-order valence-electron chi connectivity index (χ4n) is 0.417. The standard InChI is InChI=1S/C3H4F4O3S.C3H3F3O.CH2F2O2S/c4-2-10-3(5,6)1-11(7,8)9;4-2-7-1-3(5)6;2-1-6(3,4)5/h1-2H2;1H,2H2;1H2. The molecule has 0 fully saturated rings. The summed E-state index contributed by atoms with van der Waals surface area (Å²) >= 11 is 0. The van der Waals surface area contributed by atoms with E-state index in [1.807, 2.05) is 0 Å². The molecule has 0 aliphatic heterocycles. The summed E-state index contributed by atoms with van der Waals surface area (Å²) in [5.41, 5.74) is 0. The van der Waals surface area contributed by atoms with Gasteiger partial charge in [-0.15, -0.1) is 7.77 Å². The topological polar surface area (TPSA) is 86.7 Å². The third-order valence-electron chi connectivity index (χ3n) is 0.972. The number of hydrogen-bond donors (Lipinski definition) is 0. The highest BCUT2D eigenvalue weighted by Gasteiger charge is 2.37. The molecular formula is C7H9F9O6S2. The molecule has 0 aromatic carbocycles. The lowest BCUT2D eigenvalue weighted by Gasteiger charge is -2.10. The Morgan fingerprint density at radius 2 is 1.33 bits per heavy atom. The minimum Gasteiger partial charge on any atom is -0.465 e. The lowest BCUT2D eigenvalue weighted by atomic mass is 10.7. The van der Waals surface area contributed by atoms with E-state index in [1.54, 1.807) is 0 Å². The van der Waals surface area contributed by atoms with Crippen LogP contribution in [-0.2, 0) is 29.9 Å². The molecule has 0 spiro atoms. The van der Waals surface area contributed by atoms with Crippen LogP contribution in [0.5, 0.6) is 0 Å². The lowest BCUT2D eigenvalue weighted by molar-refractivity contribution is -0.239. The van der Waals surface area contributed by atoms with Gasteiger partial charge in [0.05, 0.1) is 0 Å². The van der Waals surface area contributed by atoms with E-state index in [1.165, 1.54) is 0 Å². The number of ether oxygens (including phenoxy) is 2. The van der Waals surface area contributed by atoms with Crippen molar-refractivity contribution in [3.05, 3.63) is 12.3 Å². The van der Waals surface area contributed by atoms with Crippen molar-refractivity contribution in [3.8, 4) is 0 Å². The minimum atomic E-state index is -5.35. The molecule has 0 amide bonds. The fourth-order valence-corrected chi connectivity index (χ4v) is 0.901. The number of alkyl halides is 5. The van der Waals surface area contributed by atoms with Crippen LogP contribution in [0.25, 0.3) is 0 Å². The SMILES string of the molecule is FCOC=C(F)F.O=S(=O)(F)CC(F)(F)OCF.O=S(=O)(F)CF. The number of rotatable bonds is 7. The van der Waals surface area contributed by atoms with E-state index in [2.05, 4.69) is 9.47 Å². The van der Waals surface area contributed by atoms with Gasteiger partial charge in [0.1, 0.15) is 0 Å². The Hall–Kier alpha value is -1.23. The summed E-state index contributed by atoms with van der Waals surface area (Å²) in [5, 5.41) is 0. The molecule has 0 saturated heterocycles. The number of halogens is 9. The van der Waals surface area contributed by atoms with E-state index in [-0.39, 0.29) is 6.26 Å². The molecule has 0 bridgehead atoms. The van der Waals surface area contributed by atoms with Crippen LogP contribution in [0.1, 0.15) is 0 Å². The van der Waals surface area contributed by atoms with Crippen molar-refractivity contribution in [2.24, 2.45) is 0 Å². The van der Waals surface area contributed by atoms with Crippen LogP contribution in [0.2, 0.25) is 0 Å². The zero-order valence-electron chi connectivity index (χ0n) is 11.1. The monoisotopic (exact) mass is 424 g/mol. The van der Waals surface area contributed by atoms with E-state index in [0.29, 0.717) is 0 Å². The molecule has 0 radical (unpaired) electrons. The molecule has 0 aromatic heterocycles. The molecule has 0 unspecified atom stereocenters. The summed E-state index contributed by atoms with van der Waals surface area (Å²) in [6.45, 7) is -3.08. The van der Waals surface area contributed by atoms with Crippen molar-refractivity contribution >= 4 is 20.4 Å². The normalized spacial score (nSPS) is 11.4. The van der Waals surface area contributed by atoms with Crippen LogP contribution in [0.15, 0.2) is 12.3 Å². The van der Waals surface area contributed by atoms with Gasteiger partial charge in [-0.25, -0.2) is 13.2 Å². The second-order valence-corrected chi connectivity index (χ2v) is 5.57. The van der Waals surface area contributed by atoms with Crippen LogP contribution >= 0.6 is 0 Å². The Morgan fingerprint density at radius 3 is 1.50 bits per heavy atom. The highest BCUT2D eigenvalue weighted by molar-refractivity contribution is 7.86. The molecule has 148 valence electrons. The molecule has 0 aliphatic rings. The van der Waals surface area contributed by atoms with E-state index < -0.39 is 58.1 Å². The molecule has 0 heterocycles. The van der Waals surface area contributed by atoms with Crippen molar-refractivity contribution in [2.45, 2.75) is 6.11 Å². The smallest absolute Gasteiger partial charge is 0.374 e. The summed E-state index contributed by atoms with van der Waals surface area (Å²) in [5.74, 6) is -2.16. The predicted molar refractivity (Wildman–Crippen MR) is 60.3 cm³/mol. The van der Waals surface area contributed by atoms with Crippen molar-refractivity contribution in [3.63, 3.8) is 0 Å². The predicted octanol–water partition coefficient (Wildman–Crippen LogP) is 2.70. The largest absolute Gasteiger partial charge is 0.465 e. The first kappa shape index (κ1) is 27.6. The Morgan fingerprint density at radius 1 is 0.917 bits per heavy atom. The minimum absolute atomic E-state index is 0.0556. The van der Waals surface area contributed by atoms with E-state index in [4.69, 9.17) is 8.42 Å². The van der Waals surface area contributed by atoms with Gasteiger partial charge >= 0.3 is 32.6 Å². The van der Waals surface area contributed by atoms with Crippen molar-refractivity contribution < 1.29 is 64.8 Å². The van der Waals surface area contributed by atoms with E-state index in [9.17, 15) is 46.9 Å². The highest BCUT2D eigenvalue weighted by Crippen LogP contribution is 2.18. The van der Waals surface area contributed by atoms with Gasteiger partial charge < -0.3 is 4.74 Å². The first-order valence-corrected chi connectivity index (χ1v) is 7.87. The third kappa shape index (κ3) is 32.6. The van der Waals surface area contributed by atoms with Crippen molar-refractivity contribution in [1.29, 1.82) is 0 Å². The maximum Gasteiger partial charge on any atom is 0.374 e. The molecule has 0 aliphatic carbocycles. The molecular weight excluding hydrogens is 415 g/mol. The van der Waals surface area contributed by atoms with Crippen LogP contribution in [0, 0.1) is 0 Å². The second-order valence-electron chi connectivity index (χ2n) is 2.91. The van der Waals surface area contributed by atoms with E-state index >= 15 is 0 Å². The van der Waals surface area contributed by atoms with Crippen molar-refractivity contribution in [1.82, 2.24) is 0 Å². The first-order valence-electron chi connectivity index (χ1n) is 4.77. The van der Waals surface area contributed by atoms with Gasteiger partial charge in [0, 0.05) is 0 Å². The summed E-state index contributed by atoms with van der Waals surface area (Å²) in [4.78, 5) is 0. The van der Waals surface area contributed by atoms with Crippen molar-refractivity contribution in [2.75, 3.05) is 25.5 Å². The van der Waals surface area contributed by atoms with Crippen LogP contribution in [0.3, 0.4) is 0 Å². The Labute approximate surface area is 130 Å². The van der Waals surface area contributed by atoms with Gasteiger partial charge in [-0.05, 0) is 0 Å². The third-order valence-corrected chi connectivity index (χ3v) is 1.91. The zero-order valence-corrected chi connectivity index (χ0v) is 12.7. The molecule has 0 N–H and O–H groups in total. The highest BCUT2D eigenvalue weighted by atomic mass is 32.3. The van der Waals surface area contributed by atoms with Crippen LogP contribution in [0.4, 0.5) is 38.5 Å². The summed E-state index contributed by atoms with van der Waals surface area (Å²) in [7, 11) is -10.2. The van der Waals surface area contributed by atoms with Crippen LogP contribution in [-0.4, -0.2) is 48.4 Å². The average molecular weight is 424 g/mol. The van der Waals surface area contributed by atoms with Gasteiger partial charge in [0.15, 0.2) is 18.9 Å². The zero-order chi connectivity index (χ0) is 20.0. The maximum absolute atomic E-state index is 11.8. The Balaban J connectivity index is -0.000000294. The molecule has 0 rings (SSSR count). The molecule has 24 heavy (non-hydrogen) atoms. The molecule has 0 aromatic rings. The Bertz CT molecular complexity index is 543. The van der Waals surface area contributed by atoms with Gasteiger partial charge in [-0.2, -0.15) is 34.4 Å². The molecule has 17 heteroatoms. The summed E-state index contributed by atoms with van der Waals surface area (Å²) in [6, 6.07) is -1.92. The lowest BCUT2D eigenvalue weighted by Crippen LogP contribution is -2.28. The summed E-state index contributed by atoms with van der Waals surface area (Å²) < 4.78 is 143. The quantitative estimate of drug-likeness (QED) is 0.355. The van der Waals surface area contributed by atoms with Gasteiger partial charge in [0.25, 0.3) is 0 Å². The summed E-state index contributed by atoms with van der Waals surface area (Å²) in [6.07, 6.45) is -6.28. The average Bonchev–Trinajstić information content (AvgIpc) is 2.33. The Kier molecular flexibility index (Phi) is 15.1. The van der Waals surface area contributed by atoms with E-state index in [0.717, 1.165) is 0 Å². The second kappa shape index (κ2) is 13.1. The van der Waals surface area contributed by atoms with Crippen LogP contribution < -0.4 is 0 Å². The fraction of sp³-hybridized carbons (Fsp3) is 0.714. The maximum atomic E-state index is 11.8. The van der Waals surface area contributed by atoms with Gasteiger partial charge in [0.2, 0.25) is 12.9 Å². The first-order chi connectivity index (χ1) is 10.6. The molecule has 0 atom stereocenters.